The number of aliphatic hydroxyl groups is 2. The number of hydrogen-bond donors (Lipinski definition) is 2. The van der Waals surface area contributed by atoms with Crippen LogP contribution in [-0.4, -0.2) is 183 Å². The van der Waals surface area contributed by atoms with E-state index in [2.05, 4.69) is 211 Å². The molecule has 6 rings (SSSR count). The Morgan fingerprint density at radius 2 is 1.19 bits per heavy atom. The van der Waals surface area contributed by atoms with Gasteiger partial charge in [0.15, 0.2) is 51.4 Å². The highest BCUT2D eigenvalue weighted by Crippen LogP contribution is 2.51. The fraction of sp³-hybridized carbons (Fsp3) is 0.842. The summed E-state index contributed by atoms with van der Waals surface area (Å²) in [6.07, 6.45) is -0.549. The minimum absolute atomic E-state index is 0.0124. The Morgan fingerprint density at radius 1 is 0.643 bits per heavy atom. The van der Waals surface area contributed by atoms with Crippen molar-refractivity contribution < 1.29 is 69.2 Å². The number of ether oxygens (including phenoxy) is 6. The molecule has 2 N–H and O–H groups in total. The third-order valence-corrected chi connectivity index (χ3v) is 50.1. The summed E-state index contributed by atoms with van der Waals surface area (Å²) < 4.78 is 115. The van der Waals surface area contributed by atoms with Crippen LogP contribution < -0.4 is 0 Å². The molecule has 0 spiro atoms. The van der Waals surface area contributed by atoms with Crippen LogP contribution in [0.3, 0.4) is 0 Å². The zero-order valence-electron chi connectivity index (χ0n) is 66.1. The second kappa shape index (κ2) is 33.4. The Hall–Kier alpha value is -0.316. The van der Waals surface area contributed by atoms with Crippen molar-refractivity contribution >= 4 is 74.0 Å². The zero-order valence-corrected chi connectivity index (χ0v) is 74.1. The van der Waals surface area contributed by atoms with E-state index in [0.29, 0.717) is 32.3 Å². The predicted octanol–water partition coefficient (Wildman–Crippen LogP) is 18.2. The fourth-order valence-corrected chi connectivity index (χ4v) is 22.4. The Balaban J connectivity index is 1.48. The molecule has 0 aromatic heterocycles. The molecule has 0 radical (unpaired) electrons. The summed E-state index contributed by atoms with van der Waals surface area (Å²) in [6.45, 7) is 68.3. The number of halogens is 1. The second-order valence-corrected chi connectivity index (χ2v) is 64.1. The van der Waals surface area contributed by atoms with Gasteiger partial charge in [0.05, 0.1) is 90.0 Å². The van der Waals surface area contributed by atoms with Crippen LogP contribution >= 0.6 is 22.6 Å². The molecule has 19 atom stereocenters. The van der Waals surface area contributed by atoms with Crippen molar-refractivity contribution in [3.8, 4) is 0 Å². The number of hydrogen-bond acceptors (Lipinski definition) is 15. The van der Waals surface area contributed by atoms with E-state index >= 15 is 8.42 Å². The summed E-state index contributed by atoms with van der Waals surface area (Å²) in [5, 5.41) is 21.2. The molecule has 5 aliphatic heterocycles. The van der Waals surface area contributed by atoms with Gasteiger partial charge in [-0.15, -0.1) is 0 Å². The van der Waals surface area contributed by atoms with Crippen molar-refractivity contribution in [2.45, 2.75) is 380 Å². The summed E-state index contributed by atoms with van der Waals surface area (Å²) in [5.74, 6) is -0.836. The Bertz CT molecular complexity index is 2880. The van der Waals surface area contributed by atoms with Crippen molar-refractivity contribution in [1.82, 2.24) is 0 Å². The fourth-order valence-electron chi connectivity index (χ4n) is 13.6. The largest absolute Gasteiger partial charge is 0.414 e. The lowest BCUT2D eigenvalue weighted by Gasteiger charge is -2.56. The molecule has 15 nitrogen and oxygen atoms in total. The van der Waals surface area contributed by atoms with Crippen LogP contribution in [-0.2, 0) is 60.4 Å². The molecule has 5 heterocycles. The third kappa shape index (κ3) is 21.1. The van der Waals surface area contributed by atoms with Gasteiger partial charge in [0.1, 0.15) is 24.4 Å². The lowest BCUT2D eigenvalue weighted by molar-refractivity contribution is -0.268. The van der Waals surface area contributed by atoms with E-state index < -0.39 is 142 Å². The van der Waals surface area contributed by atoms with Gasteiger partial charge in [-0.05, 0) is 181 Å². The smallest absolute Gasteiger partial charge is 0.193 e. The summed E-state index contributed by atoms with van der Waals surface area (Å²) in [7, 11) is -15.2. The Kier molecular flexibility index (Phi) is 29.6. The van der Waals surface area contributed by atoms with E-state index in [1.165, 1.54) is 0 Å². The molecular formula is C76H139IO15SSi5. The van der Waals surface area contributed by atoms with Crippen LogP contribution in [0.15, 0.2) is 69.7 Å². The molecular weight excluding hydrogens is 1450 g/mol. The maximum absolute atomic E-state index is 16.3. The first-order valence-electron chi connectivity index (χ1n) is 37.1. The highest BCUT2D eigenvalue weighted by Gasteiger charge is 2.61. The topological polar surface area (TPSA) is 176 Å². The van der Waals surface area contributed by atoms with E-state index in [1.807, 2.05) is 10.1 Å². The highest BCUT2D eigenvalue weighted by atomic mass is 127. The average Bonchev–Trinajstić information content (AvgIpc) is 1.19. The molecule has 1 aromatic rings. The molecule has 98 heavy (non-hydrogen) atoms. The number of aliphatic hydroxyl groups excluding tert-OH is 2. The summed E-state index contributed by atoms with van der Waals surface area (Å²) in [5.41, 5.74) is 2.00. The molecule has 0 aliphatic carbocycles. The van der Waals surface area contributed by atoms with Crippen LogP contribution in [0.25, 0.3) is 0 Å². The highest BCUT2D eigenvalue weighted by molar-refractivity contribution is 14.1. The van der Waals surface area contributed by atoms with Crippen molar-refractivity contribution in [2.24, 2.45) is 11.8 Å². The van der Waals surface area contributed by atoms with Gasteiger partial charge in [-0.1, -0.05) is 165 Å². The number of rotatable bonds is 30. The molecule has 22 heteroatoms. The lowest BCUT2D eigenvalue weighted by Crippen LogP contribution is -2.69. The van der Waals surface area contributed by atoms with Crippen LogP contribution in [0.5, 0.6) is 0 Å². The Labute approximate surface area is 615 Å². The van der Waals surface area contributed by atoms with Crippen molar-refractivity contribution in [3.05, 3.63) is 64.8 Å². The van der Waals surface area contributed by atoms with Crippen LogP contribution in [0.2, 0.25) is 90.7 Å². The monoisotopic (exact) mass is 1590 g/mol. The van der Waals surface area contributed by atoms with E-state index in [9.17, 15) is 10.2 Å². The minimum atomic E-state index is -4.42. The maximum Gasteiger partial charge on any atom is 0.193 e. The van der Waals surface area contributed by atoms with Gasteiger partial charge in [-0.3, -0.25) is 0 Å². The van der Waals surface area contributed by atoms with Gasteiger partial charge in [0.25, 0.3) is 0 Å². The summed E-state index contributed by atoms with van der Waals surface area (Å²) in [6, 6.07) is 8.57. The standard InChI is InChI=1S/C76H139IO15SSi5/c1-50-44-54(37-39-59-51(2)45-53(84-59)34-33-43-78)85-62(52(50)3)48-63-65(66(82-19)64(87-63)47-56(89-95(22,23)73(7,8)9)49-83-94(20,21)72(4,5)6)71(93(80,81)57-35-31-30-32-36-57)58(79)46-55-38-40-60-67(86-55)69(91-97(26,27)75(13,14)15)70(92-98(28,29)76(16,17)18)68(88-60)61(41-42-77)90-96(24,25)74(10,11)12/h30-32,35-36,41-42,50,53-56,58-71,78-79H,2-3,33-34,37-40,43-49H2,1,4-29H3/b42-41+/t50-,53+,54+,55?,56-,58?,59?,60+,61+,62?,63+,64-,65+,66+,67?,68+,69+,70-,71?/m1/s1. The molecule has 5 aliphatic rings. The molecule has 6 unspecified atom stereocenters. The van der Waals surface area contributed by atoms with Crippen molar-refractivity contribution in [3.63, 3.8) is 0 Å². The normalized spacial score (nSPS) is 30.8. The average molecular weight is 1590 g/mol. The molecule has 0 bridgehead atoms. The minimum Gasteiger partial charge on any atom is -0.414 e. The van der Waals surface area contributed by atoms with Gasteiger partial charge < -0.3 is 60.8 Å². The molecule has 5 fully saturated rings. The van der Waals surface area contributed by atoms with Crippen LogP contribution in [0, 0.1) is 11.8 Å². The quantitative estimate of drug-likeness (QED) is 0.0422. The summed E-state index contributed by atoms with van der Waals surface area (Å²) in [4.78, 5) is 0.101. The first-order chi connectivity index (χ1) is 44.7. The van der Waals surface area contributed by atoms with E-state index in [-0.39, 0.29) is 73.8 Å². The maximum atomic E-state index is 16.3. The number of benzene rings is 1. The molecule has 566 valence electrons. The van der Waals surface area contributed by atoms with Crippen molar-refractivity contribution in [1.29, 1.82) is 0 Å². The number of fused-ring (bicyclic) bond motifs is 1. The first-order valence-corrected chi connectivity index (χ1v) is 54.4. The Morgan fingerprint density at radius 3 is 1.73 bits per heavy atom. The second-order valence-electron chi connectivity index (χ2n) is 37.5. The first kappa shape index (κ1) is 86.6. The van der Waals surface area contributed by atoms with E-state index in [0.717, 1.165) is 43.3 Å². The molecule has 0 amide bonds. The third-order valence-electron chi connectivity index (χ3n) is 25.0. The molecule has 1 aromatic carbocycles. The van der Waals surface area contributed by atoms with Crippen LogP contribution in [0.1, 0.15) is 181 Å². The molecule has 5 saturated heterocycles. The number of sulfone groups is 1. The predicted molar refractivity (Wildman–Crippen MR) is 421 cm³/mol. The summed E-state index contributed by atoms with van der Waals surface area (Å²) >= 11 is 2.30. The lowest BCUT2D eigenvalue weighted by atomic mass is 9.80. The van der Waals surface area contributed by atoms with Crippen LogP contribution in [0.4, 0.5) is 0 Å². The number of methoxy groups -OCH3 is 1. The van der Waals surface area contributed by atoms with Gasteiger partial charge >= 0.3 is 0 Å². The zero-order chi connectivity index (χ0) is 74.1. The van der Waals surface area contributed by atoms with Gasteiger partial charge in [-0.2, -0.15) is 0 Å². The van der Waals surface area contributed by atoms with Crippen molar-refractivity contribution in [2.75, 3.05) is 20.3 Å². The van der Waals surface area contributed by atoms with Gasteiger partial charge in [-0.25, -0.2) is 8.42 Å². The van der Waals surface area contributed by atoms with E-state index in [1.54, 1.807) is 31.4 Å². The SMILES string of the molecule is C=C1C[C@H](CCCO)OC1CC[C@H]1C[C@@H](C)C(=C)C(C[C@@H]2O[C@H](C[C@H](CO[Si](C)(C)C(C)(C)C)O[Si](C)(C)C(C)(C)C)[C@H](OC)[C@H]2C(C(O)CC2CC[C@@H]3O[C@@H]([C@H](/C=C/I)O[Si](C)(C)C(C)(C)C)[C@@H](O[Si](C)(C)C(C)(C)C)[C@@H](O[Si](C)(C)C(C)(C)C)C3O2)S(=O)(=O)c2ccccc2)O1. The molecule has 0 saturated carbocycles. The van der Waals surface area contributed by atoms with E-state index in [4.69, 9.17) is 57.1 Å². The van der Waals surface area contributed by atoms with Gasteiger partial charge in [0.2, 0.25) is 0 Å². The van der Waals surface area contributed by atoms with Gasteiger partial charge in [0, 0.05) is 38.9 Å².